The molecule has 0 aromatic heterocycles. The highest BCUT2D eigenvalue weighted by Crippen LogP contribution is 2.14. The van der Waals surface area contributed by atoms with Gasteiger partial charge in [-0.3, -0.25) is 4.79 Å². The van der Waals surface area contributed by atoms with Gasteiger partial charge in [-0.05, 0) is 24.5 Å². The minimum absolute atomic E-state index is 0.250. The van der Waals surface area contributed by atoms with E-state index in [9.17, 15) is 4.79 Å². The lowest BCUT2D eigenvalue weighted by molar-refractivity contribution is -0.113. The molecule has 0 unspecified atom stereocenters. The summed E-state index contributed by atoms with van der Waals surface area (Å²) in [4.78, 5) is 10.9. The molecule has 0 saturated carbocycles. The fraction of sp³-hybridized carbons (Fsp3) is 0.583. The molecule has 13 heavy (non-hydrogen) atoms. The van der Waals surface area contributed by atoms with Crippen LogP contribution in [0.25, 0.3) is 0 Å². The van der Waals surface area contributed by atoms with E-state index in [4.69, 9.17) is 0 Å². The Morgan fingerprint density at radius 2 is 2.15 bits per heavy atom. The van der Waals surface area contributed by atoms with E-state index < -0.39 is 0 Å². The number of carbonyl (C=O) groups excluding carboxylic acids is 1. The smallest absolute Gasteiger partial charge is 0.160 e. The Kier molecular flexibility index (Phi) is 4.52. The summed E-state index contributed by atoms with van der Waals surface area (Å²) in [6.45, 7) is 2.22. The van der Waals surface area contributed by atoms with Crippen molar-refractivity contribution in [2.45, 2.75) is 45.4 Å². The van der Waals surface area contributed by atoms with Crippen molar-refractivity contribution in [3.05, 3.63) is 23.8 Å². The lowest BCUT2D eigenvalue weighted by Gasteiger charge is -1.95. The third-order valence-electron chi connectivity index (χ3n) is 2.33. The summed E-state index contributed by atoms with van der Waals surface area (Å²) in [5.41, 5.74) is 1.21. The number of ketones is 1. The molecule has 0 radical (unpaired) electrons. The van der Waals surface area contributed by atoms with Gasteiger partial charge in [0.1, 0.15) is 0 Å². The van der Waals surface area contributed by atoms with Crippen LogP contribution in [0.1, 0.15) is 45.4 Å². The molecule has 0 atom stereocenters. The number of unbranched alkanes of at least 4 members (excludes halogenated alkanes) is 4. The number of carbonyl (C=O) groups is 1. The first-order valence-electron chi connectivity index (χ1n) is 5.23. The summed E-state index contributed by atoms with van der Waals surface area (Å²) in [5, 5.41) is 0. The molecule has 0 amide bonds. The van der Waals surface area contributed by atoms with Crippen LogP contribution in [0.5, 0.6) is 0 Å². The summed E-state index contributed by atoms with van der Waals surface area (Å²) in [6.07, 6.45) is 12.8. The predicted octanol–water partition coefficient (Wildman–Crippen LogP) is 3.41. The van der Waals surface area contributed by atoms with Crippen LogP contribution in [0.3, 0.4) is 0 Å². The summed E-state index contributed by atoms with van der Waals surface area (Å²) in [6, 6.07) is 0. The summed E-state index contributed by atoms with van der Waals surface area (Å²) in [7, 11) is 0. The second-order valence-corrected chi connectivity index (χ2v) is 3.60. The lowest BCUT2D eigenvalue weighted by atomic mass is 10.1. The van der Waals surface area contributed by atoms with Crippen molar-refractivity contribution in [3.63, 3.8) is 0 Å². The van der Waals surface area contributed by atoms with Crippen LogP contribution in [0, 0.1) is 0 Å². The first kappa shape index (κ1) is 10.2. The van der Waals surface area contributed by atoms with Gasteiger partial charge in [0.15, 0.2) is 5.78 Å². The Balaban J connectivity index is 2.11. The maximum atomic E-state index is 10.9. The molecule has 0 fully saturated rings. The molecule has 0 aliphatic heterocycles. The van der Waals surface area contributed by atoms with Crippen molar-refractivity contribution in [1.82, 2.24) is 0 Å². The first-order chi connectivity index (χ1) is 6.33. The van der Waals surface area contributed by atoms with E-state index in [1.54, 1.807) is 6.08 Å². The normalized spacial score (nSPS) is 18.8. The molecule has 1 heteroatoms. The van der Waals surface area contributed by atoms with Gasteiger partial charge >= 0.3 is 0 Å². The second kappa shape index (κ2) is 5.74. The van der Waals surface area contributed by atoms with Crippen LogP contribution >= 0.6 is 0 Å². The van der Waals surface area contributed by atoms with E-state index in [0.29, 0.717) is 6.42 Å². The Morgan fingerprint density at radius 1 is 1.31 bits per heavy atom. The molecular weight excluding hydrogens is 160 g/mol. The molecule has 0 bridgehead atoms. The van der Waals surface area contributed by atoms with Crippen molar-refractivity contribution in [3.8, 4) is 0 Å². The molecule has 1 nitrogen and oxygen atoms in total. The van der Waals surface area contributed by atoms with Crippen LogP contribution < -0.4 is 0 Å². The van der Waals surface area contributed by atoms with Gasteiger partial charge in [-0.15, -0.1) is 0 Å². The van der Waals surface area contributed by atoms with Gasteiger partial charge in [-0.1, -0.05) is 38.3 Å². The average molecular weight is 178 g/mol. The highest BCUT2D eigenvalue weighted by Gasteiger charge is 2.06. The van der Waals surface area contributed by atoms with Crippen molar-refractivity contribution < 1.29 is 4.79 Å². The molecule has 0 aromatic rings. The average Bonchev–Trinajstić information content (AvgIpc) is 2.51. The quantitative estimate of drug-likeness (QED) is 0.589. The number of hydrogen-bond donors (Lipinski definition) is 0. The molecule has 0 saturated heterocycles. The molecule has 0 heterocycles. The molecular formula is C12H18O. The van der Waals surface area contributed by atoms with Gasteiger partial charge < -0.3 is 0 Å². The minimum Gasteiger partial charge on any atom is -0.294 e. The zero-order chi connectivity index (χ0) is 9.52. The first-order valence-corrected chi connectivity index (χ1v) is 5.23. The van der Waals surface area contributed by atoms with Gasteiger partial charge in [0.2, 0.25) is 0 Å². The highest BCUT2D eigenvalue weighted by molar-refractivity contribution is 5.95. The van der Waals surface area contributed by atoms with Gasteiger partial charge in [-0.25, -0.2) is 0 Å². The Labute approximate surface area is 80.5 Å². The number of allylic oxidation sites excluding steroid dienone is 4. The zero-order valence-corrected chi connectivity index (χ0v) is 8.38. The Bertz CT molecular complexity index is 223. The third-order valence-corrected chi connectivity index (χ3v) is 2.33. The van der Waals surface area contributed by atoms with Crippen molar-refractivity contribution in [1.29, 1.82) is 0 Å². The van der Waals surface area contributed by atoms with E-state index in [1.165, 1.54) is 31.3 Å². The van der Waals surface area contributed by atoms with Crippen LogP contribution in [-0.2, 0) is 4.79 Å². The molecule has 1 aliphatic rings. The largest absolute Gasteiger partial charge is 0.294 e. The maximum Gasteiger partial charge on any atom is 0.160 e. The van der Waals surface area contributed by atoms with E-state index >= 15 is 0 Å². The second-order valence-electron chi connectivity index (χ2n) is 3.60. The predicted molar refractivity (Wildman–Crippen MR) is 55.6 cm³/mol. The van der Waals surface area contributed by atoms with Crippen molar-refractivity contribution in [2.75, 3.05) is 0 Å². The third kappa shape index (κ3) is 4.07. The Hall–Kier alpha value is -0.850. The number of hydrogen-bond acceptors (Lipinski definition) is 1. The van der Waals surface area contributed by atoms with Crippen molar-refractivity contribution >= 4 is 5.78 Å². The van der Waals surface area contributed by atoms with Crippen LogP contribution in [0.2, 0.25) is 0 Å². The van der Waals surface area contributed by atoms with Crippen molar-refractivity contribution in [2.24, 2.45) is 0 Å². The fourth-order valence-electron chi connectivity index (χ4n) is 1.52. The molecule has 0 aromatic carbocycles. The zero-order valence-electron chi connectivity index (χ0n) is 8.38. The fourth-order valence-corrected chi connectivity index (χ4v) is 1.52. The number of rotatable bonds is 5. The summed E-state index contributed by atoms with van der Waals surface area (Å²) in [5.74, 6) is 0.250. The van der Waals surface area contributed by atoms with Gasteiger partial charge in [0, 0.05) is 6.42 Å². The van der Waals surface area contributed by atoms with Crippen LogP contribution in [-0.4, -0.2) is 5.78 Å². The van der Waals surface area contributed by atoms with E-state index in [0.717, 1.165) is 6.42 Å². The van der Waals surface area contributed by atoms with E-state index in [-0.39, 0.29) is 5.78 Å². The molecule has 0 N–H and O–H groups in total. The van der Waals surface area contributed by atoms with Crippen LogP contribution in [0.4, 0.5) is 0 Å². The molecule has 72 valence electrons. The summed E-state index contributed by atoms with van der Waals surface area (Å²) >= 11 is 0. The van der Waals surface area contributed by atoms with Gasteiger partial charge in [0.05, 0.1) is 0 Å². The maximum absolute atomic E-state index is 10.9. The topological polar surface area (TPSA) is 17.1 Å². The van der Waals surface area contributed by atoms with Gasteiger partial charge in [-0.2, -0.15) is 0 Å². The molecule has 0 spiro atoms. The SMILES string of the molecule is CCCCCC/C=C1\C=CC(=O)C1. The standard InChI is InChI=1S/C12H18O/c1-2-3-4-5-6-7-11-8-9-12(13)10-11/h7-9H,2-6,10H2,1H3/b11-7+. The van der Waals surface area contributed by atoms with E-state index in [2.05, 4.69) is 13.0 Å². The lowest BCUT2D eigenvalue weighted by Crippen LogP contribution is -1.84. The minimum atomic E-state index is 0.250. The molecule has 1 rings (SSSR count). The monoisotopic (exact) mass is 178 g/mol. The summed E-state index contributed by atoms with van der Waals surface area (Å²) < 4.78 is 0. The van der Waals surface area contributed by atoms with E-state index in [1.807, 2.05) is 6.08 Å². The van der Waals surface area contributed by atoms with Crippen LogP contribution in [0.15, 0.2) is 23.8 Å². The molecule has 1 aliphatic carbocycles. The highest BCUT2D eigenvalue weighted by atomic mass is 16.1. The Morgan fingerprint density at radius 3 is 2.77 bits per heavy atom. The van der Waals surface area contributed by atoms with Gasteiger partial charge in [0.25, 0.3) is 0 Å².